The second-order valence-electron chi connectivity index (χ2n) is 4.07. The lowest BCUT2D eigenvalue weighted by molar-refractivity contribution is -0.126. The number of ether oxygens (including phenoxy) is 1. The van der Waals surface area contributed by atoms with Gasteiger partial charge in [0, 0.05) is 25.6 Å². The van der Waals surface area contributed by atoms with Crippen molar-refractivity contribution >= 4 is 5.91 Å². The summed E-state index contributed by atoms with van der Waals surface area (Å²) in [6.45, 7) is 7.33. The average Bonchev–Trinajstić information content (AvgIpc) is 2.28. The Labute approximate surface area is 90.9 Å². The van der Waals surface area contributed by atoms with E-state index in [1.165, 1.54) is 0 Å². The first-order valence-electron chi connectivity index (χ1n) is 5.51. The van der Waals surface area contributed by atoms with Crippen LogP contribution in [0.3, 0.4) is 0 Å². The van der Waals surface area contributed by atoms with Crippen molar-refractivity contribution in [3.63, 3.8) is 0 Å². The lowest BCUT2D eigenvalue weighted by Gasteiger charge is -2.33. The minimum atomic E-state index is -0.102. The first-order valence-corrected chi connectivity index (χ1v) is 5.51. The van der Waals surface area contributed by atoms with Crippen LogP contribution < -0.4 is 11.3 Å². The van der Waals surface area contributed by atoms with Crippen LogP contribution in [-0.4, -0.2) is 43.2 Å². The minimum absolute atomic E-state index is 0.0643. The van der Waals surface area contributed by atoms with Crippen LogP contribution in [-0.2, 0) is 9.53 Å². The first-order chi connectivity index (χ1) is 7.17. The van der Waals surface area contributed by atoms with Crippen LogP contribution in [0.4, 0.5) is 0 Å². The van der Waals surface area contributed by atoms with Crippen molar-refractivity contribution in [3.05, 3.63) is 0 Å². The Morgan fingerprint density at radius 1 is 1.73 bits per heavy atom. The fourth-order valence-electron chi connectivity index (χ4n) is 1.81. The summed E-state index contributed by atoms with van der Waals surface area (Å²) in [5.74, 6) is 4.92. The van der Waals surface area contributed by atoms with Gasteiger partial charge in [0.15, 0.2) is 0 Å². The molecule has 3 N–H and O–H groups in total. The molecule has 0 radical (unpaired) electrons. The number of nitrogens with two attached hydrogens (primary N) is 1. The van der Waals surface area contributed by atoms with Gasteiger partial charge in [-0.1, -0.05) is 13.8 Å². The van der Waals surface area contributed by atoms with E-state index >= 15 is 0 Å². The number of rotatable bonds is 4. The standard InChI is InChI=1S/C10H21N3O2/c1-3-9-7-13(4-5-15-9)6-8(2)10(14)12-11/h8-9H,3-7,11H2,1-2H3,(H,12,14). The number of hydrogen-bond donors (Lipinski definition) is 2. The lowest BCUT2D eigenvalue weighted by Crippen LogP contribution is -2.47. The number of morpholine rings is 1. The van der Waals surface area contributed by atoms with Crippen LogP contribution in [0.5, 0.6) is 0 Å². The van der Waals surface area contributed by atoms with Crippen molar-refractivity contribution < 1.29 is 9.53 Å². The van der Waals surface area contributed by atoms with Crippen LogP contribution in [0.2, 0.25) is 0 Å². The zero-order valence-corrected chi connectivity index (χ0v) is 9.53. The molecule has 2 unspecified atom stereocenters. The van der Waals surface area contributed by atoms with E-state index in [9.17, 15) is 4.79 Å². The van der Waals surface area contributed by atoms with Crippen molar-refractivity contribution in [2.75, 3.05) is 26.2 Å². The predicted octanol–water partition coefficient (Wildman–Crippen LogP) is -0.277. The molecular formula is C10H21N3O2. The Morgan fingerprint density at radius 2 is 2.47 bits per heavy atom. The van der Waals surface area contributed by atoms with Crippen LogP contribution in [0.15, 0.2) is 0 Å². The minimum Gasteiger partial charge on any atom is -0.376 e. The molecule has 5 heteroatoms. The number of amides is 1. The molecule has 0 aromatic carbocycles. The Kier molecular flexibility index (Phi) is 5.01. The number of carbonyl (C=O) groups excluding carboxylic acids is 1. The number of carbonyl (C=O) groups is 1. The molecule has 1 aliphatic rings. The topological polar surface area (TPSA) is 67.6 Å². The molecular weight excluding hydrogens is 194 g/mol. The van der Waals surface area contributed by atoms with Gasteiger partial charge in [0.25, 0.3) is 0 Å². The summed E-state index contributed by atoms with van der Waals surface area (Å²) < 4.78 is 5.56. The van der Waals surface area contributed by atoms with Gasteiger partial charge in [0.2, 0.25) is 5.91 Å². The molecule has 15 heavy (non-hydrogen) atoms. The maximum absolute atomic E-state index is 11.2. The smallest absolute Gasteiger partial charge is 0.237 e. The monoisotopic (exact) mass is 215 g/mol. The van der Waals surface area contributed by atoms with Crippen molar-refractivity contribution in [1.82, 2.24) is 10.3 Å². The van der Waals surface area contributed by atoms with Gasteiger partial charge in [-0.25, -0.2) is 5.84 Å². The lowest BCUT2D eigenvalue weighted by atomic mass is 10.1. The van der Waals surface area contributed by atoms with E-state index in [-0.39, 0.29) is 11.8 Å². The first kappa shape index (κ1) is 12.4. The average molecular weight is 215 g/mol. The second-order valence-corrected chi connectivity index (χ2v) is 4.07. The second kappa shape index (κ2) is 6.05. The zero-order valence-electron chi connectivity index (χ0n) is 9.53. The third-order valence-corrected chi connectivity index (χ3v) is 2.80. The van der Waals surface area contributed by atoms with E-state index in [4.69, 9.17) is 10.6 Å². The molecule has 0 aliphatic carbocycles. The Hall–Kier alpha value is -0.650. The van der Waals surface area contributed by atoms with E-state index in [0.29, 0.717) is 6.10 Å². The molecule has 1 amide bonds. The predicted molar refractivity (Wildman–Crippen MR) is 58.0 cm³/mol. The Bertz CT molecular complexity index is 211. The van der Waals surface area contributed by atoms with E-state index in [0.717, 1.165) is 32.7 Å². The molecule has 0 spiro atoms. The highest BCUT2D eigenvalue weighted by molar-refractivity contribution is 5.77. The molecule has 88 valence electrons. The van der Waals surface area contributed by atoms with Crippen LogP contribution >= 0.6 is 0 Å². The van der Waals surface area contributed by atoms with Crippen molar-refractivity contribution in [2.24, 2.45) is 11.8 Å². The number of hydrazine groups is 1. The molecule has 0 saturated carbocycles. The molecule has 1 aliphatic heterocycles. The Balaban J connectivity index is 2.34. The highest BCUT2D eigenvalue weighted by Gasteiger charge is 2.22. The molecule has 1 fully saturated rings. The number of nitrogens with zero attached hydrogens (tertiary/aromatic N) is 1. The van der Waals surface area contributed by atoms with Crippen molar-refractivity contribution in [2.45, 2.75) is 26.4 Å². The maximum atomic E-state index is 11.2. The summed E-state index contributed by atoms with van der Waals surface area (Å²) in [4.78, 5) is 13.5. The molecule has 0 bridgehead atoms. The van der Waals surface area contributed by atoms with Gasteiger partial charge in [-0.15, -0.1) is 0 Å². The largest absolute Gasteiger partial charge is 0.376 e. The number of nitrogens with one attached hydrogen (secondary N) is 1. The fraction of sp³-hybridized carbons (Fsp3) is 0.900. The molecule has 0 aromatic heterocycles. The van der Waals surface area contributed by atoms with Crippen LogP contribution in [0.25, 0.3) is 0 Å². The van der Waals surface area contributed by atoms with Crippen LogP contribution in [0, 0.1) is 5.92 Å². The molecule has 2 atom stereocenters. The highest BCUT2D eigenvalue weighted by atomic mass is 16.5. The molecule has 0 aromatic rings. The quantitative estimate of drug-likeness (QED) is 0.384. The summed E-state index contributed by atoms with van der Waals surface area (Å²) in [5.41, 5.74) is 2.18. The van der Waals surface area contributed by atoms with Gasteiger partial charge in [-0.05, 0) is 6.42 Å². The maximum Gasteiger partial charge on any atom is 0.237 e. The van der Waals surface area contributed by atoms with E-state index < -0.39 is 0 Å². The summed E-state index contributed by atoms with van der Waals surface area (Å²) >= 11 is 0. The third-order valence-electron chi connectivity index (χ3n) is 2.80. The fourth-order valence-corrected chi connectivity index (χ4v) is 1.81. The van der Waals surface area contributed by atoms with Gasteiger partial charge < -0.3 is 4.74 Å². The van der Waals surface area contributed by atoms with Gasteiger partial charge in [0.1, 0.15) is 0 Å². The summed E-state index contributed by atoms with van der Waals surface area (Å²) in [6.07, 6.45) is 1.33. The Morgan fingerprint density at radius 3 is 3.07 bits per heavy atom. The van der Waals surface area contributed by atoms with Crippen molar-refractivity contribution in [3.8, 4) is 0 Å². The third kappa shape index (κ3) is 3.77. The van der Waals surface area contributed by atoms with E-state index in [1.54, 1.807) is 0 Å². The molecule has 1 saturated heterocycles. The highest BCUT2D eigenvalue weighted by Crippen LogP contribution is 2.10. The number of hydrogen-bond acceptors (Lipinski definition) is 4. The van der Waals surface area contributed by atoms with Gasteiger partial charge in [0.05, 0.1) is 12.7 Å². The van der Waals surface area contributed by atoms with Gasteiger partial charge >= 0.3 is 0 Å². The summed E-state index contributed by atoms with van der Waals surface area (Å²) in [5, 5.41) is 0. The van der Waals surface area contributed by atoms with Gasteiger partial charge in [-0.2, -0.15) is 0 Å². The van der Waals surface area contributed by atoms with Gasteiger partial charge in [-0.3, -0.25) is 15.1 Å². The molecule has 5 nitrogen and oxygen atoms in total. The van der Waals surface area contributed by atoms with E-state index in [1.807, 2.05) is 6.92 Å². The summed E-state index contributed by atoms with van der Waals surface area (Å²) in [6, 6.07) is 0. The SMILES string of the molecule is CCC1CN(CC(C)C(=O)NN)CCO1. The molecule has 1 heterocycles. The molecule has 1 rings (SSSR count). The summed E-state index contributed by atoms with van der Waals surface area (Å²) in [7, 11) is 0. The zero-order chi connectivity index (χ0) is 11.3. The normalized spacial score (nSPS) is 24.9. The van der Waals surface area contributed by atoms with E-state index in [2.05, 4.69) is 17.2 Å². The van der Waals surface area contributed by atoms with Crippen LogP contribution in [0.1, 0.15) is 20.3 Å². The van der Waals surface area contributed by atoms with Crippen molar-refractivity contribution in [1.29, 1.82) is 0 Å².